The van der Waals surface area contributed by atoms with Gasteiger partial charge in [-0.25, -0.2) is 18.4 Å². The van der Waals surface area contributed by atoms with E-state index in [0.29, 0.717) is 0 Å². The summed E-state index contributed by atoms with van der Waals surface area (Å²) in [6.45, 7) is 4.77. The SMILES string of the molecule is C=CCC(NC(=O)Nc1c(F)ccc(C)c1F)C(=O)O. The number of amides is 2. The van der Waals surface area contributed by atoms with Crippen LogP contribution < -0.4 is 10.6 Å². The highest BCUT2D eigenvalue weighted by molar-refractivity contribution is 5.92. The molecule has 0 aliphatic carbocycles. The first kappa shape index (κ1) is 15.6. The number of carboxylic acids is 1. The molecule has 1 unspecified atom stereocenters. The standard InChI is InChI=1S/C13H14F2N2O3/c1-3-4-9(12(18)19)16-13(20)17-11-8(14)6-5-7(2)10(11)15/h3,5-6,9H,1,4H2,2H3,(H,18,19)(H2,16,17,20). The predicted octanol–water partition coefficient (Wildman–Crippen LogP) is 2.42. The second-order valence-electron chi connectivity index (χ2n) is 4.07. The Hall–Kier alpha value is -2.44. The summed E-state index contributed by atoms with van der Waals surface area (Å²) in [6.07, 6.45) is 1.30. The molecule has 2 amide bonds. The zero-order valence-electron chi connectivity index (χ0n) is 10.7. The van der Waals surface area contributed by atoms with Crippen molar-refractivity contribution in [3.63, 3.8) is 0 Å². The zero-order chi connectivity index (χ0) is 15.3. The lowest BCUT2D eigenvalue weighted by atomic mass is 10.2. The fraction of sp³-hybridized carbons (Fsp3) is 0.231. The Kier molecular flexibility index (Phi) is 5.19. The molecule has 0 aliphatic heterocycles. The summed E-state index contributed by atoms with van der Waals surface area (Å²) in [5.74, 6) is -3.13. The van der Waals surface area contributed by atoms with Gasteiger partial charge in [0.25, 0.3) is 0 Å². The molecule has 1 aromatic rings. The minimum Gasteiger partial charge on any atom is -0.480 e. The number of carbonyl (C=O) groups is 2. The molecule has 0 aliphatic rings. The molecule has 0 saturated heterocycles. The molecular formula is C13H14F2N2O3. The van der Waals surface area contributed by atoms with E-state index in [-0.39, 0.29) is 12.0 Å². The van der Waals surface area contributed by atoms with E-state index in [4.69, 9.17) is 5.11 Å². The lowest BCUT2D eigenvalue weighted by molar-refractivity contribution is -0.139. The third-order valence-corrected chi connectivity index (χ3v) is 2.53. The molecule has 0 saturated carbocycles. The second-order valence-corrected chi connectivity index (χ2v) is 4.07. The fourth-order valence-electron chi connectivity index (χ4n) is 1.47. The van der Waals surface area contributed by atoms with Gasteiger partial charge < -0.3 is 15.7 Å². The fourth-order valence-corrected chi connectivity index (χ4v) is 1.47. The van der Waals surface area contributed by atoms with E-state index in [0.717, 1.165) is 6.07 Å². The van der Waals surface area contributed by atoms with Gasteiger partial charge in [-0.15, -0.1) is 6.58 Å². The number of benzene rings is 1. The topological polar surface area (TPSA) is 78.4 Å². The molecule has 0 heterocycles. The summed E-state index contributed by atoms with van der Waals surface area (Å²) in [7, 11) is 0. The summed E-state index contributed by atoms with van der Waals surface area (Å²) >= 11 is 0. The van der Waals surface area contributed by atoms with Crippen molar-refractivity contribution in [3.05, 3.63) is 42.0 Å². The Labute approximate surface area is 114 Å². The van der Waals surface area contributed by atoms with Crippen molar-refractivity contribution in [2.45, 2.75) is 19.4 Å². The summed E-state index contributed by atoms with van der Waals surface area (Å²) in [4.78, 5) is 22.4. The zero-order valence-corrected chi connectivity index (χ0v) is 10.7. The maximum atomic E-state index is 13.7. The monoisotopic (exact) mass is 284 g/mol. The van der Waals surface area contributed by atoms with Crippen molar-refractivity contribution in [1.29, 1.82) is 0 Å². The van der Waals surface area contributed by atoms with E-state index in [9.17, 15) is 18.4 Å². The molecule has 7 heteroatoms. The van der Waals surface area contributed by atoms with Crippen LogP contribution in [0.4, 0.5) is 19.3 Å². The molecule has 0 spiro atoms. The molecule has 108 valence electrons. The molecule has 1 aromatic carbocycles. The Morgan fingerprint density at radius 1 is 1.45 bits per heavy atom. The Bertz CT molecular complexity index is 547. The lowest BCUT2D eigenvalue weighted by Gasteiger charge is -2.14. The minimum atomic E-state index is -1.27. The Balaban J connectivity index is 2.83. The van der Waals surface area contributed by atoms with Crippen LogP contribution in [0.5, 0.6) is 0 Å². The smallest absolute Gasteiger partial charge is 0.326 e. The van der Waals surface area contributed by atoms with Crippen LogP contribution in [0, 0.1) is 18.6 Å². The third-order valence-electron chi connectivity index (χ3n) is 2.53. The Morgan fingerprint density at radius 2 is 2.10 bits per heavy atom. The van der Waals surface area contributed by atoms with Gasteiger partial charge in [0.05, 0.1) is 0 Å². The average Bonchev–Trinajstić information content (AvgIpc) is 2.38. The van der Waals surface area contributed by atoms with Gasteiger partial charge in [0.15, 0.2) is 5.82 Å². The molecule has 0 radical (unpaired) electrons. The van der Waals surface area contributed by atoms with Gasteiger partial charge >= 0.3 is 12.0 Å². The normalized spacial score (nSPS) is 11.6. The van der Waals surface area contributed by atoms with E-state index in [1.807, 2.05) is 5.32 Å². The number of carboxylic acid groups (broad SMARTS) is 1. The molecule has 0 bridgehead atoms. The number of rotatable bonds is 5. The molecule has 1 rings (SSSR count). The van der Waals surface area contributed by atoms with Crippen LogP contribution >= 0.6 is 0 Å². The number of aryl methyl sites for hydroxylation is 1. The van der Waals surface area contributed by atoms with Crippen LogP contribution in [0.15, 0.2) is 24.8 Å². The summed E-state index contributed by atoms with van der Waals surface area (Å²) in [5, 5.41) is 12.9. The average molecular weight is 284 g/mol. The molecular weight excluding hydrogens is 270 g/mol. The van der Waals surface area contributed by atoms with Crippen LogP contribution in [0.1, 0.15) is 12.0 Å². The van der Waals surface area contributed by atoms with Gasteiger partial charge in [0, 0.05) is 0 Å². The predicted molar refractivity (Wildman–Crippen MR) is 69.5 cm³/mol. The van der Waals surface area contributed by atoms with Crippen molar-refractivity contribution in [2.24, 2.45) is 0 Å². The second kappa shape index (κ2) is 6.65. The van der Waals surface area contributed by atoms with Gasteiger partial charge in [-0.3, -0.25) is 0 Å². The number of nitrogens with one attached hydrogen (secondary N) is 2. The first-order valence-electron chi connectivity index (χ1n) is 5.72. The summed E-state index contributed by atoms with van der Waals surface area (Å²) < 4.78 is 27.1. The van der Waals surface area contributed by atoms with E-state index < -0.39 is 35.4 Å². The van der Waals surface area contributed by atoms with Gasteiger partial charge in [-0.05, 0) is 25.0 Å². The molecule has 3 N–H and O–H groups in total. The van der Waals surface area contributed by atoms with Gasteiger partial charge in [0.2, 0.25) is 0 Å². The van der Waals surface area contributed by atoms with Crippen LogP contribution in [-0.4, -0.2) is 23.1 Å². The van der Waals surface area contributed by atoms with E-state index in [1.54, 1.807) is 0 Å². The molecule has 5 nitrogen and oxygen atoms in total. The van der Waals surface area contributed by atoms with Gasteiger partial charge in [0.1, 0.15) is 17.5 Å². The van der Waals surface area contributed by atoms with Crippen LogP contribution in [-0.2, 0) is 4.79 Å². The molecule has 0 aromatic heterocycles. The van der Waals surface area contributed by atoms with Crippen molar-refractivity contribution in [1.82, 2.24) is 5.32 Å². The van der Waals surface area contributed by atoms with Crippen LogP contribution in [0.25, 0.3) is 0 Å². The number of urea groups is 1. The number of halogens is 2. The van der Waals surface area contributed by atoms with E-state index in [2.05, 4.69) is 11.9 Å². The van der Waals surface area contributed by atoms with Crippen LogP contribution in [0.2, 0.25) is 0 Å². The van der Waals surface area contributed by atoms with Crippen molar-refractivity contribution >= 4 is 17.7 Å². The summed E-state index contributed by atoms with van der Waals surface area (Å²) in [5.41, 5.74) is -0.465. The molecule has 0 fully saturated rings. The lowest BCUT2D eigenvalue weighted by Crippen LogP contribution is -2.42. The quantitative estimate of drug-likeness (QED) is 0.727. The van der Waals surface area contributed by atoms with E-state index >= 15 is 0 Å². The Morgan fingerprint density at radius 3 is 2.65 bits per heavy atom. The van der Waals surface area contributed by atoms with Gasteiger partial charge in [-0.2, -0.15) is 0 Å². The maximum Gasteiger partial charge on any atom is 0.326 e. The molecule has 1 atom stereocenters. The number of anilines is 1. The first-order chi connectivity index (χ1) is 9.36. The minimum absolute atomic E-state index is 0.0124. The third kappa shape index (κ3) is 3.78. The first-order valence-corrected chi connectivity index (χ1v) is 5.72. The highest BCUT2D eigenvalue weighted by Gasteiger charge is 2.20. The number of hydrogen-bond donors (Lipinski definition) is 3. The highest BCUT2D eigenvalue weighted by Crippen LogP contribution is 2.21. The molecule has 20 heavy (non-hydrogen) atoms. The van der Waals surface area contributed by atoms with Crippen molar-refractivity contribution in [3.8, 4) is 0 Å². The number of hydrogen-bond acceptors (Lipinski definition) is 2. The largest absolute Gasteiger partial charge is 0.480 e. The van der Waals surface area contributed by atoms with E-state index in [1.165, 1.54) is 19.1 Å². The summed E-state index contributed by atoms with van der Waals surface area (Å²) in [6, 6.07) is 0.00361. The van der Waals surface area contributed by atoms with Gasteiger partial charge in [-0.1, -0.05) is 12.1 Å². The van der Waals surface area contributed by atoms with Crippen LogP contribution in [0.3, 0.4) is 0 Å². The van der Waals surface area contributed by atoms with Crippen molar-refractivity contribution in [2.75, 3.05) is 5.32 Å². The number of aliphatic carboxylic acids is 1. The number of carbonyl (C=O) groups excluding carboxylic acids is 1. The highest BCUT2D eigenvalue weighted by atomic mass is 19.1. The maximum absolute atomic E-state index is 13.7. The van der Waals surface area contributed by atoms with Crippen molar-refractivity contribution < 1.29 is 23.5 Å².